The van der Waals surface area contributed by atoms with Crippen LogP contribution in [0.4, 0.5) is 0 Å². The maximum atomic E-state index is 13.1. The lowest BCUT2D eigenvalue weighted by Gasteiger charge is -2.26. The molecule has 0 aliphatic carbocycles. The molecule has 0 bridgehead atoms. The lowest BCUT2D eigenvalue weighted by Crippen LogP contribution is -2.29. The summed E-state index contributed by atoms with van der Waals surface area (Å²) in [5.41, 5.74) is 1.86. The van der Waals surface area contributed by atoms with E-state index in [0.717, 1.165) is 5.56 Å². The molecular formula is C25H22N2O5. The van der Waals surface area contributed by atoms with Crippen molar-refractivity contribution in [2.75, 3.05) is 14.2 Å². The molecule has 7 nitrogen and oxygen atoms in total. The van der Waals surface area contributed by atoms with Crippen LogP contribution in [0.15, 0.2) is 78.6 Å². The first kappa shape index (κ1) is 21.1. The maximum Gasteiger partial charge on any atom is 0.295 e. The van der Waals surface area contributed by atoms with Gasteiger partial charge < -0.3 is 19.5 Å². The molecule has 2 heterocycles. The highest BCUT2D eigenvalue weighted by molar-refractivity contribution is 6.46. The first-order chi connectivity index (χ1) is 15.5. The zero-order chi connectivity index (χ0) is 22.7. The summed E-state index contributed by atoms with van der Waals surface area (Å²) in [4.78, 5) is 31.7. The van der Waals surface area contributed by atoms with Crippen molar-refractivity contribution in [3.8, 4) is 11.5 Å². The number of carbonyl (C=O) groups is 2. The summed E-state index contributed by atoms with van der Waals surface area (Å²) in [5.74, 6) is -0.682. The van der Waals surface area contributed by atoms with Crippen molar-refractivity contribution in [3.05, 3.63) is 95.3 Å². The minimum Gasteiger partial charge on any atom is -0.507 e. The fourth-order valence-electron chi connectivity index (χ4n) is 3.85. The topological polar surface area (TPSA) is 89.0 Å². The molecule has 0 saturated carbocycles. The lowest BCUT2D eigenvalue weighted by atomic mass is 9.95. The molecule has 4 rings (SSSR count). The van der Waals surface area contributed by atoms with Gasteiger partial charge in [-0.2, -0.15) is 0 Å². The number of amides is 1. The first-order valence-corrected chi connectivity index (χ1v) is 9.99. The number of likely N-dealkylation sites (tertiary alicyclic amines) is 1. The molecule has 1 atom stereocenters. The Morgan fingerprint density at radius 2 is 1.75 bits per heavy atom. The van der Waals surface area contributed by atoms with Gasteiger partial charge in [0.25, 0.3) is 11.7 Å². The SMILES string of the molecule is COc1ccc([C@H]2C(=C(O)c3ccccc3)C(=O)C(=O)N2Cc2cccnc2)cc1OC. The fourth-order valence-corrected chi connectivity index (χ4v) is 3.85. The van der Waals surface area contributed by atoms with Crippen LogP contribution in [0.1, 0.15) is 22.7 Å². The van der Waals surface area contributed by atoms with Crippen LogP contribution in [-0.4, -0.2) is 40.9 Å². The zero-order valence-corrected chi connectivity index (χ0v) is 17.7. The normalized spacial score (nSPS) is 17.4. The van der Waals surface area contributed by atoms with E-state index in [9.17, 15) is 14.7 Å². The van der Waals surface area contributed by atoms with Gasteiger partial charge in [-0.05, 0) is 29.3 Å². The Morgan fingerprint density at radius 1 is 1.00 bits per heavy atom. The molecule has 0 spiro atoms. The Morgan fingerprint density at radius 3 is 2.41 bits per heavy atom. The van der Waals surface area contributed by atoms with Gasteiger partial charge in [0.15, 0.2) is 11.5 Å². The van der Waals surface area contributed by atoms with Crippen molar-refractivity contribution >= 4 is 17.4 Å². The van der Waals surface area contributed by atoms with Crippen LogP contribution >= 0.6 is 0 Å². The van der Waals surface area contributed by atoms with Crippen LogP contribution in [0.3, 0.4) is 0 Å². The number of hydrogen-bond acceptors (Lipinski definition) is 6. The number of Topliss-reactive ketones (excluding diaryl/α,β-unsaturated/α-hetero) is 1. The molecule has 0 unspecified atom stereocenters. The summed E-state index contributed by atoms with van der Waals surface area (Å²) in [6.45, 7) is 0.156. The van der Waals surface area contributed by atoms with Crippen LogP contribution in [0.2, 0.25) is 0 Å². The third-order valence-electron chi connectivity index (χ3n) is 5.39. The molecule has 1 saturated heterocycles. The summed E-state index contributed by atoms with van der Waals surface area (Å²) in [5, 5.41) is 11.1. The van der Waals surface area contributed by atoms with E-state index in [1.807, 2.05) is 12.1 Å². The molecule has 1 aliphatic heterocycles. The number of nitrogens with zero attached hydrogens (tertiary/aromatic N) is 2. The van der Waals surface area contributed by atoms with Gasteiger partial charge in [0.2, 0.25) is 0 Å². The van der Waals surface area contributed by atoms with E-state index in [0.29, 0.717) is 22.6 Å². The van der Waals surface area contributed by atoms with Crippen LogP contribution < -0.4 is 9.47 Å². The lowest BCUT2D eigenvalue weighted by molar-refractivity contribution is -0.140. The van der Waals surface area contributed by atoms with Gasteiger partial charge in [0, 0.05) is 24.5 Å². The highest BCUT2D eigenvalue weighted by Gasteiger charge is 2.46. The van der Waals surface area contributed by atoms with Crippen molar-refractivity contribution in [1.29, 1.82) is 0 Å². The van der Waals surface area contributed by atoms with Crippen molar-refractivity contribution in [3.63, 3.8) is 0 Å². The second-order valence-corrected chi connectivity index (χ2v) is 7.27. The van der Waals surface area contributed by atoms with E-state index >= 15 is 0 Å². The second kappa shape index (κ2) is 8.93. The Balaban J connectivity index is 1.89. The molecule has 1 aliphatic rings. The number of hydrogen-bond donors (Lipinski definition) is 1. The molecule has 0 radical (unpaired) electrons. The van der Waals surface area contributed by atoms with E-state index in [4.69, 9.17) is 9.47 Å². The smallest absolute Gasteiger partial charge is 0.295 e. The largest absolute Gasteiger partial charge is 0.507 e. The van der Waals surface area contributed by atoms with Crippen LogP contribution in [0.25, 0.3) is 5.76 Å². The molecule has 162 valence electrons. The van der Waals surface area contributed by atoms with E-state index in [1.54, 1.807) is 60.9 Å². The quantitative estimate of drug-likeness (QED) is 0.364. The summed E-state index contributed by atoms with van der Waals surface area (Å²) >= 11 is 0. The number of benzene rings is 2. The molecular weight excluding hydrogens is 408 g/mol. The average molecular weight is 430 g/mol. The van der Waals surface area contributed by atoms with Crippen molar-refractivity contribution in [2.45, 2.75) is 12.6 Å². The Hall–Kier alpha value is -4.13. The first-order valence-electron chi connectivity index (χ1n) is 9.99. The van der Waals surface area contributed by atoms with Crippen molar-refractivity contribution in [1.82, 2.24) is 9.88 Å². The summed E-state index contributed by atoms with van der Waals surface area (Å²) in [6.07, 6.45) is 3.28. The van der Waals surface area contributed by atoms with Gasteiger partial charge in [-0.15, -0.1) is 0 Å². The summed E-state index contributed by atoms with van der Waals surface area (Å²) < 4.78 is 10.7. The number of aliphatic hydroxyl groups excluding tert-OH is 1. The molecule has 2 aromatic carbocycles. The van der Waals surface area contributed by atoms with Crippen molar-refractivity contribution < 1.29 is 24.2 Å². The zero-order valence-electron chi connectivity index (χ0n) is 17.7. The van der Waals surface area contributed by atoms with Gasteiger partial charge >= 0.3 is 0 Å². The number of carbonyl (C=O) groups excluding carboxylic acids is 2. The van der Waals surface area contributed by atoms with E-state index < -0.39 is 17.7 Å². The maximum absolute atomic E-state index is 13.1. The molecule has 1 amide bonds. The molecule has 3 aromatic rings. The van der Waals surface area contributed by atoms with Crippen LogP contribution in [0, 0.1) is 0 Å². The fraction of sp³-hybridized carbons (Fsp3) is 0.160. The Labute approximate surface area is 185 Å². The van der Waals surface area contributed by atoms with E-state index in [1.165, 1.54) is 19.1 Å². The van der Waals surface area contributed by atoms with Gasteiger partial charge in [-0.3, -0.25) is 14.6 Å². The monoisotopic (exact) mass is 430 g/mol. The number of pyridine rings is 1. The molecule has 1 aromatic heterocycles. The highest BCUT2D eigenvalue weighted by atomic mass is 16.5. The van der Waals surface area contributed by atoms with Crippen molar-refractivity contribution in [2.24, 2.45) is 0 Å². The number of ketones is 1. The van der Waals surface area contributed by atoms with E-state index in [2.05, 4.69) is 4.98 Å². The average Bonchev–Trinajstić information content (AvgIpc) is 3.09. The third kappa shape index (κ3) is 3.80. The summed E-state index contributed by atoms with van der Waals surface area (Å²) in [6, 6.07) is 16.7. The molecule has 7 heteroatoms. The Bertz CT molecular complexity index is 1180. The minimum atomic E-state index is -0.810. The predicted molar refractivity (Wildman–Crippen MR) is 118 cm³/mol. The minimum absolute atomic E-state index is 0.0253. The van der Waals surface area contributed by atoms with Crippen LogP contribution in [-0.2, 0) is 16.1 Å². The van der Waals surface area contributed by atoms with Gasteiger partial charge in [-0.25, -0.2) is 0 Å². The number of ether oxygens (including phenoxy) is 2. The standard InChI is InChI=1S/C25H22N2O5/c1-31-19-11-10-18(13-20(19)32-2)22-21(23(28)17-8-4-3-5-9-17)24(29)25(30)27(22)15-16-7-6-12-26-14-16/h3-14,22,28H,15H2,1-2H3/t22-/m0/s1. The summed E-state index contributed by atoms with van der Waals surface area (Å²) in [7, 11) is 3.04. The van der Waals surface area contributed by atoms with Crippen LogP contribution in [0.5, 0.6) is 11.5 Å². The van der Waals surface area contributed by atoms with Gasteiger partial charge in [-0.1, -0.05) is 42.5 Å². The van der Waals surface area contributed by atoms with E-state index in [-0.39, 0.29) is 17.9 Å². The molecule has 1 N–H and O–H groups in total. The number of methoxy groups -OCH3 is 2. The predicted octanol–water partition coefficient (Wildman–Crippen LogP) is 3.72. The molecule has 1 fully saturated rings. The number of aromatic nitrogens is 1. The number of aliphatic hydroxyl groups is 1. The second-order valence-electron chi connectivity index (χ2n) is 7.27. The van der Waals surface area contributed by atoms with Gasteiger partial charge in [0.1, 0.15) is 5.76 Å². The molecule has 32 heavy (non-hydrogen) atoms. The number of rotatable bonds is 6. The highest BCUT2D eigenvalue weighted by Crippen LogP contribution is 2.42. The van der Waals surface area contributed by atoms with Gasteiger partial charge in [0.05, 0.1) is 25.8 Å². The Kier molecular flexibility index (Phi) is 5.89. The third-order valence-corrected chi connectivity index (χ3v) is 5.39.